The van der Waals surface area contributed by atoms with Crippen LogP contribution in [-0.2, 0) is 19.5 Å². The maximum Gasteiger partial charge on any atom is 0.331 e. The van der Waals surface area contributed by atoms with Crippen molar-refractivity contribution in [2.24, 2.45) is 23.2 Å². The second-order valence-electron chi connectivity index (χ2n) is 13.3. The molecule has 3 unspecified atom stereocenters. The smallest absolute Gasteiger partial charge is 0.331 e. The summed E-state index contributed by atoms with van der Waals surface area (Å²) in [7, 11) is -1.28. The first kappa shape index (κ1) is 28.8. The van der Waals surface area contributed by atoms with Crippen LogP contribution < -0.4 is 5.48 Å². The molecule has 216 valence electrons. The van der Waals surface area contributed by atoms with E-state index in [0.717, 1.165) is 70.2 Å². The second kappa shape index (κ2) is 10.9. The molecule has 3 atom stereocenters. The number of rotatable bonds is 9. The number of allylic oxidation sites excluding steroid dienone is 4. The Morgan fingerprint density at radius 3 is 2.51 bits per heavy atom. The Hall–Kier alpha value is -1.74. The van der Waals surface area contributed by atoms with Crippen molar-refractivity contribution >= 4 is 15.8 Å². The van der Waals surface area contributed by atoms with Crippen LogP contribution in [0.4, 0.5) is 0 Å². The van der Waals surface area contributed by atoms with Crippen molar-refractivity contribution in [1.29, 1.82) is 0 Å². The minimum absolute atomic E-state index is 0.0339. The number of aliphatic carboxylic acids is 1. The van der Waals surface area contributed by atoms with Crippen LogP contribution in [0.15, 0.2) is 46.6 Å². The van der Waals surface area contributed by atoms with E-state index in [9.17, 15) is 18.3 Å². The number of likely N-dealkylation sites (tertiary alicyclic amines) is 1. The highest BCUT2D eigenvalue weighted by Gasteiger charge is 2.51. The van der Waals surface area contributed by atoms with Crippen molar-refractivity contribution in [3.8, 4) is 0 Å². The zero-order valence-electron chi connectivity index (χ0n) is 24.0. The third kappa shape index (κ3) is 6.14. The summed E-state index contributed by atoms with van der Waals surface area (Å²) in [5, 5.41) is 9.04. The van der Waals surface area contributed by atoms with E-state index in [1.54, 1.807) is 6.08 Å². The summed E-state index contributed by atoms with van der Waals surface area (Å²) in [6.07, 6.45) is 15.7. The van der Waals surface area contributed by atoms with Crippen molar-refractivity contribution < 1.29 is 23.2 Å². The van der Waals surface area contributed by atoms with E-state index in [-0.39, 0.29) is 28.1 Å². The monoisotopic (exact) mass is 558 g/mol. The van der Waals surface area contributed by atoms with E-state index < -0.39 is 15.8 Å². The molecule has 5 aliphatic rings. The third-order valence-electron chi connectivity index (χ3n) is 9.99. The van der Waals surface area contributed by atoms with Gasteiger partial charge in [-0.15, -0.1) is 0 Å². The fourth-order valence-corrected chi connectivity index (χ4v) is 9.91. The Morgan fingerprint density at radius 1 is 1.18 bits per heavy atom. The summed E-state index contributed by atoms with van der Waals surface area (Å²) in [5.74, 6) is 0.153. The predicted molar refractivity (Wildman–Crippen MR) is 154 cm³/mol. The van der Waals surface area contributed by atoms with Crippen LogP contribution in [0.3, 0.4) is 0 Å². The predicted octanol–water partition coefficient (Wildman–Crippen LogP) is 4.84. The van der Waals surface area contributed by atoms with Crippen LogP contribution in [0.5, 0.6) is 0 Å². The second-order valence-corrected chi connectivity index (χ2v) is 15.5. The number of hydroxylamine groups is 1. The molecular weight excluding hydrogens is 512 g/mol. The zero-order valence-corrected chi connectivity index (χ0v) is 24.9. The normalized spacial score (nSPS) is 31.8. The first-order chi connectivity index (χ1) is 18.4. The van der Waals surface area contributed by atoms with E-state index in [0.29, 0.717) is 23.7 Å². The van der Waals surface area contributed by atoms with E-state index in [1.165, 1.54) is 11.1 Å². The third-order valence-corrected chi connectivity index (χ3v) is 12.1. The Morgan fingerprint density at radius 2 is 1.90 bits per heavy atom. The summed E-state index contributed by atoms with van der Waals surface area (Å²) in [6, 6.07) is 0. The molecule has 0 aromatic rings. The number of carboxylic acid groups (broad SMARTS) is 1. The number of piperidine rings is 1. The molecular formula is C31H46N2O5S. The van der Waals surface area contributed by atoms with Gasteiger partial charge in [0.25, 0.3) is 0 Å². The van der Waals surface area contributed by atoms with Gasteiger partial charge in [0.1, 0.15) is 0 Å². The Bertz CT molecular complexity index is 1200. The molecule has 0 radical (unpaired) electrons. The molecule has 2 saturated heterocycles. The number of carboxylic acids is 1. The highest BCUT2D eigenvalue weighted by molar-refractivity contribution is 7.92. The lowest BCUT2D eigenvalue weighted by molar-refractivity contribution is -0.133. The van der Waals surface area contributed by atoms with Gasteiger partial charge in [0, 0.05) is 38.2 Å². The van der Waals surface area contributed by atoms with Crippen molar-refractivity contribution in [1.82, 2.24) is 10.4 Å². The van der Waals surface area contributed by atoms with Crippen LogP contribution in [0.2, 0.25) is 0 Å². The van der Waals surface area contributed by atoms with Gasteiger partial charge < -0.3 is 5.11 Å². The van der Waals surface area contributed by atoms with Crippen LogP contribution in [-0.4, -0.2) is 67.7 Å². The van der Waals surface area contributed by atoms with Gasteiger partial charge in [0.15, 0.2) is 9.84 Å². The number of carbonyl (C=O) groups is 1. The molecule has 0 bridgehead atoms. The van der Waals surface area contributed by atoms with E-state index >= 15 is 0 Å². The van der Waals surface area contributed by atoms with E-state index in [1.807, 2.05) is 20.0 Å². The number of hydrogen-bond donors (Lipinski definition) is 2. The lowest BCUT2D eigenvalue weighted by Gasteiger charge is -2.45. The lowest BCUT2D eigenvalue weighted by Crippen LogP contribution is -2.49. The molecule has 3 fully saturated rings. The quantitative estimate of drug-likeness (QED) is 0.391. The van der Waals surface area contributed by atoms with E-state index in [4.69, 9.17) is 4.84 Å². The highest BCUT2D eigenvalue weighted by atomic mass is 32.2. The summed E-state index contributed by atoms with van der Waals surface area (Å²) >= 11 is 0. The summed E-state index contributed by atoms with van der Waals surface area (Å²) in [4.78, 5) is 20.1. The van der Waals surface area contributed by atoms with Gasteiger partial charge in [-0.3, -0.25) is 9.74 Å². The van der Waals surface area contributed by atoms with Gasteiger partial charge in [-0.05, 0) is 79.8 Å². The zero-order chi connectivity index (χ0) is 28.0. The highest BCUT2D eigenvalue weighted by Crippen LogP contribution is 2.52. The van der Waals surface area contributed by atoms with Gasteiger partial charge in [-0.1, -0.05) is 50.6 Å². The average Bonchev–Trinajstić information content (AvgIpc) is 3.72. The van der Waals surface area contributed by atoms with Crippen LogP contribution in [0, 0.1) is 23.2 Å². The van der Waals surface area contributed by atoms with Crippen molar-refractivity contribution in [2.45, 2.75) is 83.0 Å². The van der Waals surface area contributed by atoms with Crippen LogP contribution in [0.25, 0.3) is 0 Å². The molecule has 0 amide bonds. The first-order valence-corrected chi connectivity index (χ1v) is 16.5. The maximum absolute atomic E-state index is 13.2. The van der Waals surface area contributed by atoms with Gasteiger partial charge in [0.05, 0.1) is 16.6 Å². The fourth-order valence-electron chi connectivity index (χ4n) is 7.31. The fraction of sp³-hybridized carbons (Fsp3) is 0.710. The van der Waals surface area contributed by atoms with Crippen LogP contribution in [0.1, 0.15) is 72.1 Å². The van der Waals surface area contributed by atoms with Gasteiger partial charge in [-0.2, -0.15) is 0 Å². The molecule has 2 heterocycles. The van der Waals surface area contributed by atoms with Gasteiger partial charge in [-0.25, -0.2) is 18.7 Å². The molecule has 0 spiro atoms. The molecule has 2 N–H and O–H groups in total. The summed E-state index contributed by atoms with van der Waals surface area (Å²) < 4.78 is 26.4. The number of nitrogens with zero attached hydrogens (tertiary/aromatic N) is 1. The summed E-state index contributed by atoms with van der Waals surface area (Å²) in [6.45, 7) is 9.15. The SMILES string of the molecule is CNOC1(CCC2=CC=C(C(=O)O)C(C)C2)CCN(CC2=CC(C3CC3)C3C(=C2)C(C)(C)CCS3(=O)=O)CC1. The largest absolute Gasteiger partial charge is 0.478 e. The first-order valence-electron chi connectivity index (χ1n) is 14.8. The Labute approximate surface area is 234 Å². The topological polar surface area (TPSA) is 95.9 Å². The molecule has 0 aromatic carbocycles. The molecule has 5 rings (SSSR count). The van der Waals surface area contributed by atoms with Gasteiger partial charge >= 0.3 is 5.97 Å². The van der Waals surface area contributed by atoms with Crippen molar-refractivity contribution in [2.75, 3.05) is 32.4 Å². The average molecular weight is 559 g/mol. The number of sulfone groups is 1. The van der Waals surface area contributed by atoms with E-state index in [2.05, 4.69) is 36.4 Å². The molecule has 7 nitrogen and oxygen atoms in total. The minimum atomic E-state index is -3.10. The standard InChI is InChI=1S/C31H46N2O5S/c1-21-17-22(5-8-25(21)29(34)35)9-10-31(38-32-4)11-14-33(15-12-31)20-23-18-26(24-6-7-24)28-27(19-23)30(2,3)13-16-39(28,36)37/h5,8,18-19,21,24,26,28,32H,6-7,9-17,20H2,1-4H3,(H,34,35). The molecule has 0 aromatic heterocycles. The van der Waals surface area contributed by atoms with Crippen molar-refractivity contribution in [3.05, 3.63) is 46.6 Å². The van der Waals surface area contributed by atoms with Crippen molar-refractivity contribution in [3.63, 3.8) is 0 Å². The lowest BCUT2D eigenvalue weighted by atomic mass is 9.72. The number of nitrogens with one attached hydrogen (secondary N) is 1. The minimum Gasteiger partial charge on any atom is -0.478 e. The molecule has 3 aliphatic carbocycles. The van der Waals surface area contributed by atoms with Gasteiger partial charge in [0.2, 0.25) is 0 Å². The molecule has 1 saturated carbocycles. The van der Waals surface area contributed by atoms with Crippen LogP contribution >= 0.6 is 0 Å². The number of hydrogen-bond acceptors (Lipinski definition) is 6. The number of fused-ring (bicyclic) bond motifs is 1. The maximum atomic E-state index is 13.2. The Balaban J connectivity index is 1.24. The molecule has 2 aliphatic heterocycles. The molecule has 39 heavy (non-hydrogen) atoms. The summed E-state index contributed by atoms with van der Waals surface area (Å²) in [5.41, 5.74) is 6.85. The molecule has 8 heteroatoms. The Kier molecular flexibility index (Phi) is 8.06.